The fourth-order valence-corrected chi connectivity index (χ4v) is 2.96. The van der Waals surface area contributed by atoms with E-state index in [9.17, 15) is 4.79 Å². The Labute approximate surface area is 126 Å². The quantitative estimate of drug-likeness (QED) is 0.920. The second-order valence-corrected chi connectivity index (χ2v) is 6.23. The van der Waals surface area contributed by atoms with Crippen molar-refractivity contribution in [3.63, 3.8) is 0 Å². The summed E-state index contributed by atoms with van der Waals surface area (Å²) in [5, 5.41) is 3.21. The number of aromatic nitrogens is 1. The Hall–Kier alpha value is -1.62. The van der Waals surface area contributed by atoms with Gasteiger partial charge in [0.25, 0.3) is 0 Å². The number of carbonyl (C=O) groups is 1. The number of carbonyl (C=O) groups excluding carboxylic acids is 1. The first kappa shape index (κ1) is 14.3. The first-order chi connectivity index (χ1) is 10.2. The number of piperidine rings is 1. The molecule has 0 unspecified atom stereocenters. The Kier molecular flexibility index (Phi) is 4.39. The average Bonchev–Trinajstić information content (AvgIpc) is 3.30. The number of rotatable bonds is 4. The fourth-order valence-electron chi connectivity index (χ4n) is 2.96. The third-order valence-corrected chi connectivity index (χ3v) is 4.26. The molecule has 1 aliphatic carbocycles. The second-order valence-electron chi connectivity index (χ2n) is 6.23. The van der Waals surface area contributed by atoms with Crippen molar-refractivity contribution in [1.29, 1.82) is 0 Å². The van der Waals surface area contributed by atoms with Gasteiger partial charge in [0.15, 0.2) is 0 Å². The van der Waals surface area contributed by atoms with Crippen molar-refractivity contribution in [3.8, 4) is 0 Å². The molecule has 2 amide bonds. The number of likely N-dealkylation sites (tertiary alicyclic amines) is 1. The zero-order valence-corrected chi connectivity index (χ0v) is 12.7. The first-order valence-corrected chi connectivity index (χ1v) is 7.88. The largest absolute Gasteiger partial charge is 0.334 e. The summed E-state index contributed by atoms with van der Waals surface area (Å²) in [4.78, 5) is 21.2. The SMILES string of the molecule is CN1CCC[C@@H](NC(=O)N(Cc2ccccn2)C2CC2)C1. The van der Waals surface area contributed by atoms with Gasteiger partial charge >= 0.3 is 6.03 Å². The third kappa shape index (κ3) is 3.94. The van der Waals surface area contributed by atoms with Gasteiger partial charge in [-0.15, -0.1) is 0 Å². The maximum Gasteiger partial charge on any atom is 0.318 e. The molecule has 0 aromatic carbocycles. The second kappa shape index (κ2) is 6.43. The van der Waals surface area contributed by atoms with Crippen LogP contribution in [0, 0.1) is 0 Å². The third-order valence-electron chi connectivity index (χ3n) is 4.26. The Balaban J connectivity index is 1.59. The van der Waals surface area contributed by atoms with Crippen molar-refractivity contribution in [1.82, 2.24) is 20.1 Å². The molecule has 1 N–H and O–H groups in total. The molecule has 0 radical (unpaired) electrons. The maximum absolute atomic E-state index is 12.6. The van der Waals surface area contributed by atoms with E-state index >= 15 is 0 Å². The zero-order chi connectivity index (χ0) is 14.7. The summed E-state index contributed by atoms with van der Waals surface area (Å²) in [7, 11) is 2.12. The minimum Gasteiger partial charge on any atom is -0.334 e. The van der Waals surface area contributed by atoms with E-state index in [-0.39, 0.29) is 12.1 Å². The summed E-state index contributed by atoms with van der Waals surface area (Å²) in [6.07, 6.45) is 6.26. The molecule has 0 spiro atoms. The molecule has 2 fully saturated rings. The van der Waals surface area contributed by atoms with E-state index in [4.69, 9.17) is 0 Å². The highest BCUT2D eigenvalue weighted by molar-refractivity contribution is 5.75. The van der Waals surface area contributed by atoms with Crippen molar-refractivity contribution in [2.45, 2.75) is 44.3 Å². The van der Waals surface area contributed by atoms with Gasteiger partial charge in [0, 0.05) is 24.8 Å². The van der Waals surface area contributed by atoms with E-state index in [1.54, 1.807) is 6.20 Å². The summed E-state index contributed by atoms with van der Waals surface area (Å²) in [6.45, 7) is 2.69. The van der Waals surface area contributed by atoms with E-state index in [1.807, 2.05) is 23.1 Å². The van der Waals surface area contributed by atoms with E-state index in [0.717, 1.165) is 44.5 Å². The molecule has 3 rings (SSSR count). The minimum atomic E-state index is 0.0726. The monoisotopic (exact) mass is 288 g/mol. The first-order valence-electron chi connectivity index (χ1n) is 7.88. The molecule has 1 aromatic rings. The molecule has 1 saturated carbocycles. The molecule has 5 heteroatoms. The summed E-state index contributed by atoms with van der Waals surface area (Å²) < 4.78 is 0. The number of nitrogens with zero attached hydrogens (tertiary/aromatic N) is 3. The van der Waals surface area contributed by atoms with Crippen molar-refractivity contribution in [3.05, 3.63) is 30.1 Å². The number of urea groups is 1. The molecule has 2 heterocycles. The summed E-state index contributed by atoms with van der Waals surface area (Å²) in [5.74, 6) is 0. The predicted molar refractivity (Wildman–Crippen MR) is 81.9 cm³/mol. The standard InChI is InChI=1S/C16H24N4O/c1-19-10-4-6-14(11-19)18-16(21)20(15-7-8-15)12-13-5-2-3-9-17-13/h2-3,5,9,14-15H,4,6-8,10-12H2,1H3,(H,18,21)/t14-/m1/s1. The zero-order valence-electron chi connectivity index (χ0n) is 12.7. The van der Waals surface area contributed by atoms with Gasteiger partial charge in [-0.3, -0.25) is 4.98 Å². The Bertz CT molecular complexity index is 474. The molecule has 1 aromatic heterocycles. The summed E-state index contributed by atoms with van der Waals surface area (Å²) in [5.41, 5.74) is 0.959. The van der Waals surface area contributed by atoms with Gasteiger partial charge in [0.1, 0.15) is 0 Å². The Morgan fingerprint density at radius 3 is 2.95 bits per heavy atom. The topological polar surface area (TPSA) is 48.5 Å². The lowest BCUT2D eigenvalue weighted by Gasteiger charge is -2.32. The maximum atomic E-state index is 12.6. The molecule has 5 nitrogen and oxygen atoms in total. The molecule has 0 bridgehead atoms. The van der Waals surface area contributed by atoms with Crippen molar-refractivity contribution in [2.75, 3.05) is 20.1 Å². The van der Waals surface area contributed by atoms with Crippen LogP contribution in [0.25, 0.3) is 0 Å². The van der Waals surface area contributed by atoms with Crippen LogP contribution in [0.5, 0.6) is 0 Å². The lowest BCUT2D eigenvalue weighted by Crippen LogP contribution is -2.51. The van der Waals surface area contributed by atoms with E-state index in [1.165, 1.54) is 0 Å². The predicted octanol–water partition coefficient (Wildman–Crippen LogP) is 1.85. The highest BCUT2D eigenvalue weighted by Gasteiger charge is 2.34. The van der Waals surface area contributed by atoms with Gasteiger partial charge < -0.3 is 15.1 Å². The number of hydrogen-bond donors (Lipinski definition) is 1. The molecule has 1 atom stereocenters. The highest BCUT2D eigenvalue weighted by Crippen LogP contribution is 2.28. The van der Waals surface area contributed by atoms with Crippen molar-refractivity contribution >= 4 is 6.03 Å². The molecule has 114 valence electrons. The van der Waals surface area contributed by atoms with Crippen LogP contribution in [0.2, 0.25) is 0 Å². The van der Waals surface area contributed by atoms with E-state index in [2.05, 4.69) is 22.2 Å². The van der Waals surface area contributed by atoms with Gasteiger partial charge in [-0.2, -0.15) is 0 Å². The minimum absolute atomic E-state index is 0.0726. The highest BCUT2D eigenvalue weighted by atomic mass is 16.2. The molecule has 2 aliphatic rings. The smallest absolute Gasteiger partial charge is 0.318 e. The molecule has 1 saturated heterocycles. The fraction of sp³-hybridized carbons (Fsp3) is 0.625. The van der Waals surface area contributed by atoms with Crippen LogP contribution in [-0.2, 0) is 6.54 Å². The van der Waals surface area contributed by atoms with Gasteiger partial charge in [-0.05, 0) is 51.4 Å². The van der Waals surface area contributed by atoms with E-state index < -0.39 is 0 Å². The average molecular weight is 288 g/mol. The normalized spacial score (nSPS) is 22.8. The number of pyridine rings is 1. The van der Waals surface area contributed by atoms with Crippen LogP contribution in [0.3, 0.4) is 0 Å². The Morgan fingerprint density at radius 2 is 2.29 bits per heavy atom. The number of amides is 2. The van der Waals surface area contributed by atoms with Crippen LogP contribution >= 0.6 is 0 Å². The number of likely N-dealkylation sites (N-methyl/N-ethyl adjacent to an activating group) is 1. The molecule has 1 aliphatic heterocycles. The molecule has 21 heavy (non-hydrogen) atoms. The number of hydrogen-bond acceptors (Lipinski definition) is 3. The summed E-state index contributed by atoms with van der Waals surface area (Å²) in [6, 6.07) is 6.61. The van der Waals surface area contributed by atoms with Crippen molar-refractivity contribution < 1.29 is 4.79 Å². The van der Waals surface area contributed by atoms with Gasteiger partial charge in [0.2, 0.25) is 0 Å². The Morgan fingerprint density at radius 1 is 1.43 bits per heavy atom. The van der Waals surface area contributed by atoms with Crippen LogP contribution < -0.4 is 5.32 Å². The van der Waals surface area contributed by atoms with Crippen molar-refractivity contribution in [2.24, 2.45) is 0 Å². The van der Waals surface area contributed by atoms with Gasteiger partial charge in [0.05, 0.1) is 12.2 Å². The summed E-state index contributed by atoms with van der Waals surface area (Å²) >= 11 is 0. The molecular formula is C16H24N4O. The van der Waals surface area contributed by atoms with Gasteiger partial charge in [-0.25, -0.2) is 4.79 Å². The van der Waals surface area contributed by atoms with Crippen LogP contribution in [0.1, 0.15) is 31.4 Å². The molecular weight excluding hydrogens is 264 g/mol. The van der Waals surface area contributed by atoms with Crippen LogP contribution in [0.15, 0.2) is 24.4 Å². The van der Waals surface area contributed by atoms with Crippen LogP contribution in [0.4, 0.5) is 4.79 Å². The number of nitrogens with one attached hydrogen (secondary N) is 1. The lowest BCUT2D eigenvalue weighted by atomic mass is 10.1. The van der Waals surface area contributed by atoms with E-state index in [0.29, 0.717) is 12.6 Å². The lowest BCUT2D eigenvalue weighted by molar-refractivity contribution is 0.173. The van der Waals surface area contributed by atoms with Crippen LogP contribution in [-0.4, -0.2) is 53.0 Å². The van der Waals surface area contributed by atoms with Gasteiger partial charge in [-0.1, -0.05) is 6.07 Å².